The van der Waals surface area contributed by atoms with E-state index in [4.69, 9.17) is 0 Å². The summed E-state index contributed by atoms with van der Waals surface area (Å²) in [6.45, 7) is 5.47. The lowest BCUT2D eigenvalue weighted by Crippen LogP contribution is -2.19. The second kappa shape index (κ2) is 5.25. The normalized spacial score (nSPS) is 10.7. The zero-order valence-electron chi connectivity index (χ0n) is 9.91. The minimum atomic E-state index is -0.0518. The third-order valence-corrected chi connectivity index (χ3v) is 3.21. The molecular formula is C12H15N3OS. The van der Waals surface area contributed by atoms with Crippen LogP contribution in [-0.4, -0.2) is 16.5 Å². The van der Waals surface area contributed by atoms with Crippen LogP contribution in [0, 0.1) is 0 Å². The zero-order chi connectivity index (χ0) is 12.3. The largest absolute Gasteiger partial charge is 0.308 e. The Labute approximate surface area is 103 Å². The van der Waals surface area contributed by atoms with Gasteiger partial charge in [-0.1, -0.05) is 11.6 Å². The molecule has 0 atom stereocenters. The number of hydrogen-bond donors (Lipinski definition) is 2. The highest BCUT2D eigenvalue weighted by Gasteiger charge is 2.03. The molecule has 2 rings (SSSR count). The summed E-state index contributed by atoms with van der Waals surface area (Å²) in [5.41, 5.74) is 1.99. The summed E-state index contributed by atoms with van der Waals surface area (Å²) >= 11 is 1.42. The van der Waals surface area contributed by atoms with Crippen LogP contribution in [0.25, 0.3) is 10.2 Å². The van der Waals surface area contributed by atoms with Crippen molar-refractivity contribution in [1.29, 1.82) is 0 Å². The van der Waals surface area contributed by atoms with Gasteiger partial charge in [0.1, 0.15) is 10.5 Å². The maximum Gasteiger partial charge on any atom is 0.268 e. The number of aromatic amines is 1. The van der Waals surface area contributed by atoms with Crippen molar-refractivity contribution in [3.8, 4) is 0 Å². The average Bonchev–Trinajstić information content (AvgIpc) is 2.72. The summed E-state index contributed by atoms with van der Waals surface area (Å²) in [7, 11) is 0. The van der Waals surface area contributed by atoms with Crippen LogP contribution in [0.4, 0.5) is 0 Å². The molecule has 4 nitrogen and oxygen atoms in total. The Morgan fingerprint density at radius 3 is 3.18 bits per heavy atom. The standard InChI is InChI=1S/C12H15N3OS/c1-8(2)3-5-13-7-10-14-9-4-6-17-11(9)12(16)15-10/h3-4,6,13H,5,7H2,1-2H3,(H,14,15,16). The molecule has 5 heteroatoms. The van der Waals surface area contributed by atoms with Crippen molar-refractivity contribution in [3.05, 3.63) is 39.3 Å². The molecule has 0 aliphatic rings. The number of rotatable bonds is 4. The van der Waals surface area contributed by atoms with Crippen LogP contribution in [-0.2, 0) is 6.54 Å². The van der Waals surface area contributed by atoms with Crippen LogP contribution in [0.15, 0.2) is 27.9 Å². The predicted octanol–water partition coefficient (Wildman–Crippen LogP) is 2.04. The van der Waals surface area contributed by atoms with Crippen LogP contribution >= 0.6 is 11.3 Å². The highest BCUT2D eigenvalue weighted by atomic mass is 32.1. The highest BCUT2D eigenvalue weighted by Crippen LogP contribution is 2.13. The highest BCUT2D eigenvalue weighted by molar-refractivity contribution is 7.17. The Balaban J connectivity index is 2.09. The Bertz CT molecular complexity index is 593. The van der Waals surface area contributed by atoms with Gasteiger partial charge in [-0.15, -0.1) is 11.3 Å². The molecule has 0 unspecified atom stereocenters. The molecule has 0 saturated carbocycles. The third kappa shape index (κ3) is 3.01. The molecule has 0 fully saturated rings. The lowest BCUT2D eigenvalue weighted by Gasteiger charge is -2.01. The topological polar surface area (TPSA) is 57.8 Å². The van der Waals surface area contributed by atoms with Gasteiger partial charge in [0.05, 0.1) is 12.1 Å². The fourth-order valence-electron chi connectivity index (χ4n) is 1.47. The lowest BCUT2D eigenvalue weighted by atomic mass is 10.3. The summed E-state index contributed by atoms with van der Waals surface area (Å²) < 4.78 is 0.693. The molecular weight excluding hydrogens is 234 g/mol. The van der Waals surface area contributed by atoms with Crippen LogP contribution in [0.3, 0.4) is 0 Å². The first kappa shape index (κ1) is 12.0. The van der Waals surface area contributed by atoms with E-state index in [0.29, 0.717) is 17.1 Å². The summed E-state index contributed by atoms with van der Waals surface area (Å²) in [6, 6.07) is 1.87. The number of H-pyrrole nitrogens is 1. The van der Waals surface area contributed by atoms with Gasteiger partial charge in [-0.25, -0.2) is 4.98 Å². The summed E-state index contributed by atoms with van der Waals surface area (Å²) in [5.74, 6) is 0.683. The van der Waals surface area contributed by atoms with Gasteiger partial charge in [-0.05, 0) is 25.3 Å². The fourth-order valence-corrected chi connectivity index (χ4v) is 2.20. The first-order valence-electron chi connectivity index (χ1n) is 5.47. The fraction of sp³-hybridized carbons (Fsp3) is 0.333. The van der Waals surface area contributed by atoms with Gasteiger partial charge in [0.15, 0.2) is 0 Å². The second-order valence-corrected chi connectivity index (χ2v) is 4.98. The number of hydrogen-bond acceptors (Lipinski definition) is 4. The molecule has 0 spiro atoms. The Morgan fingerprint density at radius 1 is 1.59 bits per heavy atom. The van der Waals surface area contributed by atoms with E-state index in [2.05, 4.69) is 35.2 Å². The van der Waals surface area contributed by atoms with Crippen molar-refractivity contribution < 1.29 is 0 Å². The van der Waals surface area contributed by atoms with Crippen LogP contribution in [0.2, 0.25) is 0 Å². The molecule has 90 valence electrons. The lowest BCUT2D eigenvalue weighted by molar-refractivity contribution is 0.715. The van der Waals surface area contributed by atoms with Crippen molar-refractivity contribution in [2.24, 2.45) is 0 Å². The van der Waals surface area contributed by atoms with E-state index >= 15 is 0 Å². The predicted molar refractivity (Wildman–Crippen MR) is 71.4 cm³/mol. The van der Waals surface area contributed by atoms with Crippen LogP contribution in [0.5, 0.6) is 0 Å². The maximum atomic E-state index is 11.7. The Hall–Kier alpha value is -1.46. The molecule has 2 aromatic heterocycles. The summed E-state index contributed by atoms with van der Waals surface area (Å²) in [6.07, 6.45) is 2.10. The van der Waals surface area contributed by atoms with E-state index in [1.54, 1.807) is 0 Å². The number of fused-ring (bicyclic) bond motifs is 1. The molecule has 0 aromatic carbocycles. The molecule has 2 heterocycles. The minimum Gasteiger partial charge on any atom is -0.308 e. The number of nitrogens with one attached hydrogen (secondary N) is 2. The molecule has 0 radical (unpaired) electrons. The molecule has 2 aromatic rings. The smallest absolute Gasteiger partial charge is 0.268 e. The first-order chi connectivity index (χ1) is 8.16. The number of nitrogens with zero attached hydrogens (tertiary/aromatic N) is 1. The Morgan fingerprint density at radius 2 is 2.41 bits per heavy atom. The van der Waals surface area contributed by atoms with E-state index in [-0.39, 0.29) is 5.56 Å². The quantitative estimate of drug-likeness (QED) is 0.644. The van der Waals surface area contributed by atoms with E-state index in [1.807, 2.05) is 11.4 Å². The molecule has 0 bridgehead atoms. The summed E-state index contributed by atoms with van der Waals surface area (Å²) in [4.78, 5) is 18.8. The van der Waals surface area contributed by atoms with Gasteiger partial charge in [0.25, 0.3) is 5.56 Å². The van der Waals surface area contributed by atoms with Gasteiger partial charge < -0.3 is 10.3 Å². The minimum absolute atomic E-state index is 0.0518. The maximum absolute atomic E-state index is 11.7. The molecule has 0 aliphatic heterocycles. The van der Waals surface area contributed by atoms with Gasteiger partial charge in [0.2, 0.25) is 0 Å². The van der Waals surface area contributed by atoms with E-state index in [0.717, 1.165) is 12.1 Å². The van der Waals surface area contributed by atoms with E-state index in [1.165, 1.54) is 16.9 Å². The Kier molecular flexibility index (Phi) is 3.71. The molecule has 0 amide bonds. The molecule has 17 heavy (non-hydrogen) atoms. The summed E-state index contributed by atoms with van der Waals surface area (Å²) in [5, 5.41) is 5.09. The van der Waals surface area contributed by atoms with Crippen LogP contribution < -0.4 is 10.9 Å². The average molecular weight is 249 g/mol. The molecule has 0 aliphatic carbocycles. The van der Waals surface area contributed by atoms with Gasteiger partial charge in [-0.3, -0.25) is 4.79 Å². The van der Waals surface area contributed by atoms with E-state index in [9.17, 15) is 4.79 Å². The zero-order valence-corrected chi connectivity index (χ0v) is 10.7. The van der Waals surface area contributed by atoms with Gasteiger partial charge in [0, 0.05) is 6.54 Å². The van der Waals surface area contributed by atoms with Crippen LogP contribution in [0.1, 0.15) is 19.7 Å². The van der Waals surface area contributed by atoms with Crippen molar-refractivity contribution in [2.45, 2.75) is 20.4 Å². The third-order valence-electron chi connectivity index (χ3n) is 2.31. The number of allylic oxidation sites excluding steroid dienone is 1. The number of thiophene rings is 1. The van der Waals surface area contributed by atoms with Crippen molar-refractivity contribution in [1.82, 2.24) is 15.3 Å². The van der Waals surface area contributed by atoms with Crippen molar-refractivity contribution in [2.75, 3.05) is 6.54 Å². The number of aromatic nitrogens is 2. The van der Waals surface area contributed by atoms with Crippen molar-refractivity contribution in [3.63, 3.8) is 0 Å². The van der Waals surface area contributed by atoms with E-state index < -0.39 is 0 Å². The SMILES string of the molecule is CC(C)=CCNCc1nc2ccsc2c(=O)[nH]1. The van der Waals surface area contributed by atoms with Gasteiger partial charge in [-0.2, -0.15) is 0 Å². The second-order valence-electron chi connectivity index (χ2n) is 4.06. The molecule has 0 saturated heterocycles. The first-order valence-corrected chi connectivity index (χ1v) is 6.35. The van der Waals surface area contributed by atoms with Crippen molar-refractivity contribution >= 4 is 21.6 Å². The van der Waals surface area contributed by atoms with Gasteiger partial charge >= 0.3 is 0 Å². The molecule has 2 N–H and O–H groups in total. The monoisotopic (exact) mass is 249 g/mol.